The predicted molar refractivity (Wildman–Crippen MR) is 118 cm³/mol. The van der Waals surface area contributed by atoms with Crippen LogP contribution in [0.4, 0.5) is 0 Å². The van der Waals surface area contributed by atoms with Crippen molar-refractivity contribution in [3.63, 3.8) is 0 Å². The van der Waals surface area contributed by atoms with Crippen LogP contribution in [0.15, 0.2) is 48.0 Å². The van der Waals surface area contributed by atoms with E-state index in [2.05, 4.69) is 11.1 Å². The Labute approximate surface area is 185 Å². The summed E-state index contributed by atoms with van der Waals surface area (Å²) in [5, 5.41) is 29.9. The van der Waals surface area contributed by atoms with Crippen LogP contribution in [0.25, 0.3) is 22.1 Å². The number of carbonyl (C=O) groups excluding carboxylic acids is 1. The van der Waals surface area contributed by atoms with Gasteiger partial charge in [0.1, 0.15) is 23.8 Å². The molecule has 1 saturated heterocycles. The molecule has 2 heterocycles. The van der Waals surface area contributed by atoms with Crippen molar-refractivity contribution in [1.29, 1.82) is 0 Å². The number of esters is 1. The molecule has 3 aromatic rings. The minimum atomic E-state index is -1.58. The number of benzene rings is 2. The van der Waals surface area contributed by atoms with Crippen molar-refractivity contribution >= 4 is 28.0 Å². The molecular weight excluding hydrogens is 412 g/mol. The SMILES string of the molecule is CC(C)=CCc1cccc2nc3c(C(=O)O[C@@H]4O[C@@H](C)[C@@H](O)[C@H](O)[C@H]4O)cccc3nc12. The number of aliphatic hydroxyl groups is 3. The van der Waals surface area contributed by atoms with Crippen LogP contribution < -0.4 is 0 Å². The van der Waals surface area contributed by atoms with E-state index < -0.39 is 36.7 Å². The first-order chi connectivity index (χ1) is 15.3. The van der Waals surface area contributed by atoms with E-state index in [9.17, 15) is 20.1 Å². The lowest BCUT2D eigenvalue weighted by molar-refractivity contribution is -0.276. The Bertz CT molecular complexity index is 1190. The van der Waals surface area contributed by atoms with E-state index in [0.717, 1.165) is 17.5 Å². The molecule has 32 heavy (non-hydrogen) atoms. The van der Waals surface area contributed by atoms with Gasteiger partial charge in [0, 0.05) is 0 Å². The molecule has 0 amide bonds. The molecule has 1 fully saturated rings. The van der Waals surface area contributed by atoms with Crippen LogP contribution in [0.2, 0.25) is 0 Å². The van der Waals surface area contributed by atoms with Gasteiger partial charge in [0.05, 0.1) is 28.2 Å². The molecule has 1 aliphatic rings. The van der Waals surface area contributed by atoms with Gasteiger partial charge in [-0.3, -0.25) is 0 Å². The Morgan fingerprint density at radius 2 is 1.66 bits per heavy atom. The second kappa shape index (κ2) is 8.91. The quantitative estimate of drug-likeness (QED) is 0.322. The van der Waals surface area contributed by atoms with Crippen LogP contribution in [-0.4, -0.2) is 62.0 Å². The highest BCUT2D eigenvalue weighted by molar-refractivity contribution is 6.03. The normalized spacial score (nSPS) is 25.6. The van der Waals surface area contributed by atoms with Gasteiger partial charge in [-0.2, -0.15) is 0 Å². The molecule has 8 heteroatoms. The van der Waals surface area contributed by atoms with Crippen molar-refractivity contribution in [1.82, 2.24) is 9.97 Å². The zero-order valence-electron chi connectivity index (χ0n) is 18.1. The number of aliphatic hydroxyl groups excluding tert-OH is 3. The van der Waals surface area contributed by atoms with Gasteiger partial charge in [-0.25, -0.2) is 14.8 Å². The molecule has 5 atom stereocenters. The fraction of sp³-hybridized carbons (Fsp3) is 0.375. The lowest BCUT2D eigenvalue weighted by atomic mass is 10.00. The molecule has 1 aromatic heterocycles. The topological polar surface area (TPSA) is 122 Å². The number of nitrogens with zero attached hydrogens (tertiary/aromatic N) is 2. The van der Waals surface area contributed by atoms with Crippen molar-refractivity contribution in [3.8, 4) is 0 Å². The summed E-state index contributed by atoms with van der Waals surface area (Å²) in [7, 11) is 0. The molecular formula is C24H26N2O6. The van der Waals surface area contributed by atoms with E-state index in [4.69, 9.17) is 14.5 Å². The molecule has 168 valence electrons. The molecule has 3 N–H and O–H groups in total. The third-order valence-corrected chi connectivity index (χ3v) is 5.56. The van der Waals surface area contributed by atoms with Crippen LogP contribution in [0.1, 0.15) is 36.7 Å². The summed E-state index contributed by atoms with van der Waals surface area (Å²) in [6.07, 6.45) is -3.75. The fourth-order valence-electron chi connectivity index (χ4n) is 3.70. The van der Waals surface area contributed by atoms with E-state index in [0.29, 0.717) is 16.6 Å². The highest BCUT2D eigenvalue weighted by Crippen LogP contribution is 2.26. The minimum absolute atomic E-state index is 0.163. The maximum atomic E-state index is 12.9. The highest BCUT2D eigenvalue weighted by Gasteiger charge is 2.44. The highest BCUT2D eigenvalue weighted by atomic mass is 16.7. The number of hydrogen-bond donors (Lipinski definition) is 3. The number of carbonyl (C=O) groups is 1. The van der Waals surface area contributed by atoms with Gasteiger partial charge in [-0.1, -0.05) is 29.8 Å². The number of fused-ring (bicyclic) bond motifs is 2. The first-order valence-corrected chi connectivity index (χ1v) is 10.5. The predicted octanol–water partition coefficient (Wildman–Crippen LogP) is 2.28. The smallest absolute Gasteiger partial charge is 0.342 e. The third-order valence-electron chi connectivity index (χ3n) is 5.56. The summed E-state index contributed by atoms with van der Waals surface area (Å²) in [4.78, 5) is 22.3. The lowest BCUT2D eigenvalue weighted by Crippen LogP contribution is -2.57. The molecule has 0 unspecified atom stereocenters. The van der Waals surface area contributed by atoms with E-state index in [1.807, 2.05) is 32.0 Å². The second-order valence-electron chi connectivity index (χ2n) is 8.25. The van der Waals surface area contributed by atoms with E-state index in [1.54, 1.807) is 18.2 Å². The van der Waals surface area contributed by atoms with Gasteiger partial charge in [-0.15, -0.1) is 0 Å². The van der Waals surface area contributed by atoms with E-state index in [1.165, 1.54) is 12.5 Å². The van der Waals surface area contributed by atoms with Crippen LogP contribution in [0.3, 0.4) is 0 Å². The molecule has 0 saturated carbocycles. The summed E-state index contributed by atoms with van der Waals surface area (Å²) in [5.41, 5.74) is 4.72. The van der Waals surface area contributed by atoms with Gasteiger partial charge in [-0.05, 0) is 51.0 Å². The zero-order chi connectivity index (χ0) is 23.0. The van der Waals surface area contributed by atoms with E-state index in [-0.39, 0.29) is 5.56 Å². The van der Waals surface area contributed by atoms with E-state index >= 15 is 0 Å². The molecule has 4 rings (SSSR count). The number of ether oxygens (including phenoxy) is 2. The van der Waals surface area contributed by atoms with Gasteiger partial charge in [0.15, 0.2) is 0 Å². The number of para-hydroxylation sites is 2. The largest absolute Gasteiger partial charge is 0.429 e. The summed E-state index contributed by atoms with van der Waals surface area (Å²) in [6.45, 7) is 5.60. The van der Waals surface area contributed by atoms with Crippen LogP contribution in [0, 0.1) is 0 Å². The number of allylic oxidation sites excluding steroid dienone is 2. The Morgan fingerprint density at radius 1 is 1.00 bits per heavy atom. The molecule has 0 radical (unpaired) electrons. The van der Waals surface area contributed by atoms with Crippen molar-refractivity contribution in [2.45, 2.75) is 57.9 Å². The third kappa shape index (κ3) is 4.22. The average Bonchev–Trinajstić information content (AvgIpc) is 2.77. The first kappa shape index (κ1) is 22.3. The monoisotopic (exact) mass is 438 g/mol. The summed E-state index contributed by atoms with van der Waals surface area (Å²) >= 11 is 0. The first-order valence-electron chi connectivity index (χ1n) is 10.5. The van der Waals surface area contributed by atoms with Gasteiger partial charge in [0.2, 0.25) is 6.29 Å². The molecule has 1 aliphatic heterocycles. The summed E-state index contributed by atoms with van der Waals surface area (Å²) in [6, 6.07) is 10.7. The van der Waals surface area contributed by atoms with Gasteiger partial charge >= 0.3 is 5.97 Å². The minimum Gasteiger partial charge on any atom is -0.429 e. The summed E-state index contributed by atoms with van der Waals surface area (Å²) < 4.78 is 10.7. The maximum absolute atomic E-state index is 12.9. The van der Waals surface area contributed by atoms with Crippen LogP contribution >= 0.6 is 0 Å². The van der Waals surface area contributed by atoms with Crippen molar-refractivity contribution in [2.75, 3.05) is 0 Å². The zero-order valence-corrected chi connectivity index (χ0v) is 18.1. The van der Waals surface area contributed by atoms with Gasteiger partial charge in [0.25, 0.3) is 0 Å². The van der Waals surface area contributed by atoms with Crippen molar-refractivity contribution in [3.05, 3.63) is 59.2 Å². The molecule has 0 spiro atoms. The molecule has 2 aromatic carbocycles. The number of rotatable bonds is 4. The van der Waals surface area contributed by atoms with Crippen LogP contribution in [0.5, 0.6) is 0 Å². The lowest BCUT2D eigenvalue weighted by Gasteiger charge is -2.38. The Balaban J connectivity index is 1.69. The molecule has 0 aliphatic carbocycles. The van der Waals surface area contributed by atoms with Gasteiger partial charge < -0.3 is 24.8 Å². The Kier molecular flexibility index (Phi) is 6.21. The standard InChI is InChI=1S/C24H26N2O6/c1-12(2)10-11-14-6-4-8-16-18(14)25-17-9-5-7-15(19(17)26-16)23(30)32-24-22(29)21(28)20(27)13(3)31-24/h4-10,13,20-22,24,27-29H,11H2,1-3H3/t13-,20+,21-,22+,24-/m0/s1. The number of hydrogen-bond acceptors (Lipinski definition) is 8. The molecule has 8 nitrogen and oxygen atoms in total. The number of aromatic nitrogens is 2. The summed E-state index contributed by atoms with van der Waals surface area (Å²) in [5.74, 6) is -0.773. The second-order valence-corrected chi connectivity index (χ2v) is 8.25. The molecule has 0 bridgehead atoms. The van der Waals surface area contributed by atoms with Crippen molar-refractivity contribution < 1.29 is 29.6 Å². The maximum Gasteiger partial charge on any atom is 0.342 e. The Hall–Kier alpha value is -2.91. The van der Waals surface area contributed by atoms with Crippen molar-refractivity contribution in [2.24, 2.45) is 0 Å². The van der Waals surface area contributed by atoms with Crippen LogP contribution in [-0.2, 0) is 15.9 Å². The fourth-order valence-corrected chi connectivity index (χ4v) is 3.70. The average molecular weight is 438 g/mol. The Morgan fingerprint density at radius 3 is 2.38 bits per heavy atom.